The monoisotopic (exact) mass is 315 g/mol. The lowest BCUT2D eigenvalue weighted by atomic mass is 9.82. The summed E-state index contributed by atoms with van der Waals surface area (Å²) in [6.07, 6.45) is 8.80. The number of rotatable bonds is 4. The summed E-state index contributed by atoms with van der Waals surface area (Å²) in [6.45, 7) is 0. The third-order valence-corrected chi connectivity index (χ3v) is 5.29. The molecule has 2 aliphatic rings. The van der Waals surface area contributed by atoms with Crippen molar-refractivity contribution in [3.63, 3.8) is 0 Å². The zero-order chi connectivity index (χ0) is 15.4. The molecule has 0 aromatic rings. The summed E-state index contributed by atoms with van der Waals surface area (Å²) >= 11 is 0. The van der Waals surface area contributed by atoms with Crippen molar-refractivity contribution in [3.05, 3.63) is 0 Å². The minimum Gasteiger partial charge on any atom is -0.453 e. The molecule has 0 aromatic carbocycles. The van der Waals surface area contributed by atoms with E-state index in [4.69, 9.17) is 24.7 Å². The Bertz CT molecular complexity index is 409. The molecule has 1 saturated heterocycles. The van der Waals surface area contributed by atoms with Gasteiger partial charge in [0, 0.05) is 26.2 Å². The smallest absolute Gasteiger partial charge is 0.410 e. The minimum atomic E-state index is -1.34. The average Bonchev–Trinajstić information content (AvgIpc) is 2.91. The van der Waals surface area contributed by atoms with E-state index in [1.54, 1.807) is 19.1 Å². The zero-order valence-corrected chi connectivity index (χ0v) is 13.5. The second-order valence-electron chi connectivity index (χ2n) is 5.19. The zero-order valence-electron chi connectivity index (χ0n) is 12.7. The standard InChI is InChI=1S/C14H22NO5P/c1-5-10-9-11-12(15(10)14(16)17-2)7-6-8-13(11)20-21(18-3)19-4/h1,10-13H,6-9H2,2-4H3/t10?,11-,12-,13+/m1/s1. The van der Waals surface area contributed by atoms with Crippen molar-refractivity contribution in [2.75, 3.05) is 21.3 Å². The summed E-state index contributed by atoms with van der Waals surface area (Å²) in [5, 5.41) is 0. The van der Waals surface area contributed by atoms with E-state index in [9.17, 15) is 4.79 Å². The molecule has 2 rings (SSSR count). The predicted molar refractivity (Wildman–Crippen MR) is 78.4 cm³/mol. The fourth-order valence-corrected chi connectivity index (χ4v) is 4.18. The van der Waals surface area contributed by atoms with Crippen LogP contribution < -0.4 is 0 Å². The average molecular weight is 315 g/mol. The number of methoxy groups -OCH3 is 1. The van der Waals surface area contributed by atoms with Crippen molar-refractivity contribution >= 4 is 14.7 Å². The summed E-state index contributed by atoms with van der Waals surface area (Å²) in [5.41, 5.74) is 0. The summed E-state index contributed by atoms with van der Waals surface area (Å²) in [5.74, 6) is 2.90. The first-order valence-electron chi connectivity index (χ1n) is 7.03. The van der Waals surface area contributed by atoms with Crippen molar-refractivity contribution in [1.82, 2.24) is 4.90 Å². The molecular weight excluding hydrogens is 293 g/mol. The summed E-state index contributed by atoms with van der Waals surface area (Å²) in [4.78, 5) is 13.7. The van der Waals surface area contributed by atoms with Crippen LogP contribution in [-0.2, 0) is 18.3 Å². The molecule has 0 radical (unpaired) electrons. The lowest BCUT2D eigenvalue weighted by Crippen LogP contribution is -2.45. The molecule has 1 unspecified atom stereocenters. The normalized spacial score (nSPS) is 31.9. The van der Waals surface area contributed by atoms with Gasteiger partial charge in [0.2, 0.25) is 0 Å². The van der Waals surface area contributed by atoms with Crippen LogP contribution in [0.5, 0.6) is 0 Å². The van der Waals surface area contributed by atoms with E-state index in [0.717, 1.165) is 25.7 Å². The Balaban J connectivity index is 2.13. The van der Waals surface area contributed by atoms with Crippen LogP contribution in [0, 0.1) is 18.3 Å². The van der Waals surface area contributed by atoms with E-state index in [1.807, 2.05) is 0 Å². The second kappa shape index (κ2) is 7.42. The third kappa shape index (κ3) is 3.32. The lowest BCUT2D eigenvalue weighted by Gasteiger charge is -2.36. The highest BCUT2D eigenvalue weighted by molar-refractivity contribution is 7.41. The van der Waals surface area contributed by atoms with Gasteiger partial charge in [-0.05, 0) is 25.7 Å². The number of amides is 1. The minimum absolute atomic E-state index is 0.000247. The van der Waals surface area contributed by atoms with Crippen molar-refractivity contribution in [2.45, 2.75) is 43.9 Å². The number of hydrogen-bond donors (Lipinski definition) is 0. The Morgan fingerprint density at radius 1 is 1.29 bits per heavy atom. The van der Waals surface area contributed by atoms with Crippen LogP contribution in [0.3, 0.4) is 0 Å². The van der Waals surface area contributed by atoms with E-state index in [0.29, 0.717) is 0 Å². The van der Waals surface area contributed by atoms with Crippen LogP contribution in [-0.4, -0.2) is 50.5 Å². The predicted octanol–water partition coefficient (Wildman–Crippen LogP) is 2.53. The van der Waals surface area contributed by atoms with Crippen LogP contribution in [0.15, 0.2) is 0 Å². The van der Waals surface area contributed by atoms with Crippen molar-refractivity contribution in [2.24, 2.45) is 5.92 Å². The quantitative estimate of drug-likeness (QED) is 0.589. The molecule has 1 saturated carbocycles. The highest BCUT2D eigenvalue weighted by Crippen LogP contribution is 2.47. The molecule has 0 aromatic heterocycles. The van der Waals surface area contributed by atoms with Gasteiger partial charge in [-0.15, -0.1) is 6.42 Å². The molecule has 7 heteroatoms. The van der Waals surface area contributed by atoms with Crippen LogP contribution >= 0.6 is 8.60 Å². The number of nitrogens with zero attached hydrogens (tertiary/aromatic N) is 1. The van der Waals surface area contributed by atoms with E-state index in [1.165, 1.54) is 7.11 Å². The molecule has 1 aliphatic heterocycles. The number of fused-ring (bicyclic) bond motifs is 1. The van der Waals surface area contributed by atoms with Gasteiger partial charge in [-0.3, -0.25) is 4.90 Å². The molecule has 2 fully saturated rings. The molecule has 4 atom stereocenters. The first kappa shape index (κ1) is 16.5. The van der Waals surface area contributed by atoms with Crippen LogP contribution in [0.25, 0.3) is 0 Å². The van der Waals surface area contributed by atoms with Gasteiger partial charge in [-0.1, -0.05) is 5.92 Å². The van der Waals surface area contributed by atoms with Gasteiger partial charge in [0.1, 0.15) is 0 Å². The largest absolute Gasteiger partial charge is 0.453 e. The van der Waals surface area contributed by atoms with Gasteiger partial charge >= 0.3 is 14.7 Å². The first-order chi connectivity index (χ1) is 10.2. The van der Waals surface area contributed by atoms with Crippen LogP contribution in [0.4, 0.5) is 4.79 Å². The van der Waals surface area contributed by atoms with Crippen molar-refractivity contribution in [1.29, 1.82) is 0 Å². The topological polar surface area (TPSA) is 57.2 Å². The molecule has 1 amide bonds. The number of terminal acetylenes is 1. The fraction of sp³-hybridized carbons (Fsp3) is 0.786. The van der Waals surface area contributed by atoms with Crippen molar-refractivity contribution in [3.8, 4) is 12.3 Å². The van der Waals surface area contributed by atoms with E-state index in [2.05, 4.69) is 5.92 Å². The maximum Gasteiger partial charge on any atom is 0.410 e. The molecule has 1 heterocycles. The Hall–Kier alpha value is -0.860. The second-order valence-corrected chi connectivity index (χ2v) is 6.58. The first-order valence-corrected chi connectivity index (χ1v) is 8.13. The number of hydrogen-bond acceptors (Lipinski definition) is 5. The van der Waals surface area contributed by atoms with E-state index < -0.39 is 8.60 Å². The maximum absolute atomic E-state index is 12.0. The SMILES string of the molecule is C#CC1C[C@H]2[C@@H](OP(OC)OC)CCC[C@H]2N1C(=O)OC. The summed E-state index contributed by atoms with van der Waals surface area (Å²) in [7, 11) is 3.17. The van der Waals surface area contributed by atoms with Gasteiger partial charge < -0.3 is 18.3 Å². The molecule has 0 bridgehead atoms. The van der Waals surface area contributed by atoms with Gasteiger partial charge in [0.05, 0.1) is 19.3 Å². The Morgan fingerprint density at radius 3 is 2.57 bits per heavy atom. The molecule has 118 valence electrons. The van der Waals surface area contributed by atoms with E-state index >= 15 is 0 Å². The van der Waals surface area contributed by atoms with Crippen molar-refractivity contribution < 1.29 is 23.1 Å². The molecule has 6 nitrogen and oxygen atoms in total. The summed E-state index contributed by atoms with van der Waals surface area (Å²) in [6, 6.07) is -0.157. The van der Waals surface area contributed by atoms with Crippen LogP contribution in [0.1, 0.15) is 25.7 Å². The maximum atomic E-state index is 12.0. The third-order valence-electron chi connectivity index (χ3n) is 4.25. The molecule has 0 N–H and O–H groups in total. The number of likely N-dealkylation sites (tertiary alicyclic amines) is 1. The van der Waals surface area contributed by atoms with E-state index in [-0.39, 0.29) is 30.2 Å². The molecule has 0 spiro atoms. The Labute approximate surface area is 127 Å². The Morgan fingerprint density at radius 2 is 2.00 bits per heavy atom. The lowest BCUT2D eigenvalue weighted by molar-refractivity contribution is 0.0402. The summed E-state index contributed by atoms with van der Waals surface area (Å²) < 4.78 is 21.2. The Kier molecular flexibility index (Phi) is 5.83. The van der Waals surface area contributed by atoms with Gasteiger partial charge in [-0.25, -0.2) is 4.79 Å². The molecule has 1 aliphatic carbocycles. The molecular formula is C14H22NO5P. The highest BCUT2D eigenvalue weighted by Gasteiger charge is 2.49. The number of carbonyl (C=O) groups is 1. The van der Waals surface area contributed by atoms with Gasteiger partial charge in [0.25, 0.3) is 0 Å². The fourth-order valence-electron chi connectivity index (χ4n) is 3.38. The molecule has 21 heavy (non-hydrogen) atoms. The number of carbonyl (C=O) groups excluding carboxylic acids is 1. The van der Waals surface area contributed by atoms with Gasteiger partial charge in [-0.2, -0.15) is 0 Å². The van der Waals surface area contributed by atoms with Gasteiger partial charge in [0.15, 0.2) is 0 Å². The van der Waals surface area contributed by atoms with Crippen LogP contribution in [0.2, 0.25) is 0 Å². The number of ether oxygens (including phenoxy) is 1. The highest BCUT2D eigenvalue weighted by atomic mass is 31.2.